The summed E-state index contributed by atoms with van der Waals surface area (Å²) < 4.78 is 89.0. The van der Waals surface area contributed by atoms with Crippen LogP contribution in [0.15, 0.2) is 18.2 Å². The van der Waals surface area contributed by atoms with E-state index in [1.165, 1.54) is 5.32 Å². The quantitative estimate of drug-likeness (QED) is 0.840. The van der Waals surface area contributed by atoms with Gasteiger partial charge in [-0.25, -0.2) is 9.18 Å². The van der Waals surface area contributed by atoms with E-state index in [2.05, 4.69) is 4.74 Å². The van der Waals surface area contributed by atoms with Gasteiger partial charge in [-0.2, -0.15) is 26.3 Å². The second-order valence-corrected chi connectivity index (χ2v) is 3.51. The van der Waals surface area contributed by atoms with Crippen molar-refractivity contribution >= 4 is 11.8 Å². The summed E-state index contributed by atoms with van der Waals surface area (Å²) in [6.07, 6.45) is -11.3. The van der Waals surface area contributed by atoms with E-state index in [4.69, 9.17) is 0 Å². The third kappa shape index (κ3) is 4.94. The zero-order valence-corrected chi connectivity index (χ0v) is 9.40. The predicted octanol–water partition coefficient (Wildman–Crippen LogP) is 3.96. The van der Waals surface area contributed by atoms with Crippen LogP contribution in [0.2, 0.25) is 0 Å². The minimum Gasteiger partial charge on any atom is -0.440 e. The molecule has 0 aromatic heterocycles. The number of halogens is 7. The molecule has 0 saturated carbocycles. The SMILES string of the molecule is O=C(Nc1cc(C(F)(F)F)ccc1F)OCC(F)(F)F. The molecule has 0 saturated heterocycles. The Morgan fingerprint density at radius 2 is 1.75 bits per heavy atom. The molecule has 0 aliphatic heterocycles. The molecule has 10 heteroatoms. The lowest BCUT2D eigenvalue weighted by atomic mass is 10.2. The van der Waals surface area contributed by atoms with Crippen molar-refractivity contribution < 1.29 is 40.3 Å². The molecule has 0 aliphatic carbocycles. The third-order valence-electron chi connectivity index (χ3n) is 1.90. The number of carbonyl (C=O) groups is 1. The van der Waals surface area contributed by atoms with Crippen molar-refractivity contribution in [3.05, 3.63) is 29.6 Å². The second-order valence-electron chi connectivity index (χ2n) is 3.51. The Hall–Kier alpha value is -2.00. The fourth-order valence-electron chi connectivity index (χ4n) is 1.09. The van der Waals surface area contributed by atoms with E-state index < -0.39 is 42.1 Å². The summed E-state index contributed by atoms with van der Waals surface area (Å²) in [5.41, 5.74) is -2.21. The van der Waals surface area contributed by atoms with E-state index in [1.54, 1.807) is 0 Å². The normalized spacial score (nSPS) is 12.2. The highest BCUT2D eigenvalue weighted by Gasteiger charge is 2.32. The second kappa shape index (κ2) is 5.55. The fourth-order valence-corrected chi connectivity index (χ4v) is 1.09. The lowest BCUT2D eigenvalue weighted by Crippen LogP contribution is -2.23. The van der Waals surface area contributed by atoms with Gasteiger partial charge in [0.25, 0.3) is 0 Å². The van der Waals surface area contributed by atoms with Gasteiger partial charge in [0, 0.05) is 0 Å². The van der Waals surface area contributed by atoms with Crippen LogP contribution in [0, 0.1) is 5.82 Å². The Kier molecular flexibility index (Phi) is 4.46. The summed E-state index contributed by atoms with van der Waals surface area (Å²) in [6.45, 7) is -1.95. The molecular formula is C10H6F7NO2. The van der Waals surface area contributed by atoms with Crippen LogP contribution in [0.4, 0.5) is 41.2 Å². The van der Waals surface area contributed by atoms with Crippen molar-refractivity contribution in [2.24, 2.45) is 0 Å². The Bertz CT molecular complexity index is 495. The van der Waals surface area contributed by atoms with Crippen molar-refractivity contribution in [1.82, 2.24) is 0 Å². The molecule has 0 fully saturated rings. The number of nitrogens with one attached hydrogen (secondary N) is 1. The Morgan fingerprint density at radius 3 is 2.25 bits per heavy atom. The molecular weight excluding hydrogens is 299 g/mol. The first-order chi connectivity index (χ1) is 8.99. The summed E-state index contributed by atoms with van der Waals surface area (Å²) in [4.78, 5) is 10.9. The highest BCUT2D eigenvalue weighted by molar-refractivity contribution is 5.84. The van der Waals surface area contributed by atoms with Gasteiger partial charge >= 0.3 is 18.4 Å². The van der Waals surface area contributed by atoms with Crippen molar-refractivity contribution in [3.8, 4) is 0 Å². The molecule has 1 aromatic carbocycles. The van der Waals surface area contributed by atoms with E-state index >= 15 is 0 Å². The first-order valence-corrected chi connectivity index (χ1v) is 4.86. The molecule has 112 valence electrons. The zero-order chi connectivity index (χ0) is 15.6. The highest BCUT2D eigenvalue weighted by Crippen LogP contribution is 2.31. The summed E-state index contributed by atoms with van der Waals surface area (Å²) >= 11 is 0. The molecule has 0 radical (unpaired) electrons. The fraction of sp³-hybridized carbons (Fsp3) is 0.300. The number of rotatable bonds is 2. The van der Waals surface area contributed by atoms with Gasteiger partial charge in [-0.15, -0.1) is 0 Å². The van der Waals surface area contributed by atoms with Gasteiger partial charge in [0.1, 0.15) is 5.82 Å². The molecule has 0 heterocycles. The lowest BCUT2D eigenvalue weighted by molar-refractivity contribution is -0.159. The minimum atomic E-state index is -4.80. The molecule has 1 rings (SSSR count). The maximum Gasteiger partial charge on any atom is 0.422 e. The van der Waals surface area contributed by atoms with Gasteiger partial charge in [0.05, 0.1) is 11.3 Å². The number of amides is 1. The summed E-state index contributed by atoms with van der Waals surface area (Å²) in [5.74, 6) is -1.25. The van der Waals surface area contributed by atoms with Crippen molar-refractivity contribution in [1.29, 1.82) is 0 Å². The van der Waals surface area contributed by atoms with Crippen LogP contribution in [-0.4, -0.2) is 18.9 Å². The maximum absolute atomic E-state index is 13.1. The largest absolute Gasteiger partial charge is 0.440 e. The molecule has 3 nitrogen and oxygen atoms in total. The minimum absolute atomic E-state index is 0.240. The number of carbonyl (C=O) groups excluding carboxylic acids is 1. The van der Waals surface area contributed by atoms with E-state index in [1.807, 2.05) is 0 Å². The van der Waals surface area contributed by atoms with Crippen LogP contribution in [-0.2, 0) is 10.9 Å². The van der Waals surface area contributed by atoms with Crippen LogP contribution >= 0.6 is 0 Å². The van der Waals surface area contributed by atoms with E-state index in [-0.39, 0.29) is 6.07 Å². The molecule has 1 amide bonds. The maximum atomic E-state index is 13.1. The summed E-state index contributed by atoms with van der Waals surface area (Å²) in [7, 11) is 0. The Balaban J connectivity index is 2.79. The van der Waals surface area contributed by atoms with Crippen molar-refractivity contribution in [2.45, 2.75) is 12.4 Å². The van der Waals surface area contributed by atoms with Crippen LogP contribution in [0.1, 0.15) is 5.56 Å². The van der Waals surface area contributed by atoms with Crippen LogP contribution < -0.4 is 5.32 Å². The molecule has 0 spiro atoms. The molecule has 0 atom stereocenters. The average molecular weight is 305 g/mol. The number of alkyl halides is 6. The van der Waals surface area contributed by atoms with Gasteiger partial charge in [-0.3, -0.25) is 5.32 Å². The monoisotopic (exact) mass is 305 g/mol. The van der Waals surface area contributed by atoms with Gasteiger partial charge in [0.15, 0.2) is 6.61 Å². The number of ether oxygens (including phenoxy) is 1. The van der Waals surface area contributed by atoms with E-state index in [9.17, 15) is 35.5 Å². The van der Waals surface area contributed by atoms with Crippen molar-refractivity contribution in [2.75, 3.05) is 11.9 Å². The van der Waals surface area contributed by atoms with Crippen LogP contribution in [0.25, 0.3) is 0 Å². The van der Waals surface area contributed by atoms with Gasteiger partial charge < -0.3 is 4.74 Å². The zero-order valence-electron chi connectivity index (χ0n) is 9.40. The molecule has 0 aliphatic rings. The Labute approximate surface area is 107 Å². The molecule has 0 unspecified atom stereocenters. The molecule has 1 aromatic rings. The third-order valence-corrected chi connectivity index (χ3v) is 1.90. The van der Waals surface area contributed by atoms with E-state index in [0.717, 1.165) is 0 Å². The van der Waals surface area contributed by atoms with Gasteiger partial charge in [0.2, 0.25) is 0 Å². The molecule has 20 heavy (non-hydrogen) atoms. The van der Waals surface area contributed by atoms with Crippen LogP contribution in [0.5, 0.6) is 0 Å². The number of benzene rings is 1. The standard InChI is InChI=1S/C10H6F7NO2/c11-6-2-1-5(10(15,16)17)3-7(6)18-8(19)20-4-9(12,13)14/h1-3H,4H2,(H,18,19). The smallest absolute Gasteiger partial charge is 0.422 e. The van der Waals surface area contributed by atoms with E-state index in [0.29, 0.717) is 12.1 Å². The first-order valence-electron chi connectivity index (χ1n) is 4.86. The van der Waals surface area contributed by atoms with Crippen molar-refractivity contribution in [3.63, 3.8) is 0 Å². The average Bonchev–Trinajstić information content (AvgIpc) is 2.27. The lowest BCUT2D eigenvalue weighted by Gasteiger charge is -2.12. The number of anilines is 1. The van der Waals surface area contributed by atoms with Crippen LogP contribution in [0.3, 0.4) is 0 Å². The highest BCUT2D eigenvalue weighted by atomic mass is 19.4. The summed E-state index contributed by atoms with van der Waals surface area (Å²) in [6, 6.07) is 1.08. The predicted molar refractivity (Wildman–Crippen MR) is 52.4 cm³/mol. The first kappa shape index (κ1) is 16.1. The van der Waals surface area contributed by atoms with Gasteiger partial charge in [-0.05, 0) is 18.2 Å². The number of hydrogen-bond acceptors (Lipinski definition) is 2. The van der Waals surface area contributed by atoms with Gasteiger partial charge in [-0.1, -0.05) is 0 Å². The summed E-state index contributed by atoms with van der Waals surface area (Å²) in [5, 5.41) is 1.46. The molecule has 0 bridgehead atoms. The topological polar surface area (TPSA) is 38.3 Å². The Morgan fingerprint density at radius 1 is 1.15 bits per heavy atom. The number of hydrogen-bond donors (Lipinski definition) is 1. The molecule has 1 N–H and O–H groups in total.